The topological polar surface area (TPSA) is 61.4 Å². The van der Waals surface area contributed by atoms with Crippen molar-refractivity contribution in [2.24, 2.45) is 0 Å². The summed E-state index contributed by atoms with van der Waals surface area (Å²) in [6, 6.07) is 11.6. The molecule has 26 heavy (non-hydrogen) atoms. The summed E-state index contributed by atoms with van der Waals surface area (Å²) in [5, 5.41) is 3.29. The Labute approximate surface area is 155 Å². The number of rotatable bonds is 6. The number of nitrogens with one attached hydrogen (secondary N) is 1. The predicted molar refractivity (Wildman–Crippen MR) is 104 cm³/mol. The smallest absolute Gasteiger partial charge is 0.272 e. The molecule has 1 fully saturated rings. The number of carbonyl (C=O) groups is 1. The maximum absolute atomic E-state index is 13.0. The first-order valence-corrected chi connectivity index (χ1v) is 9.41. The molecule has 1 aliphatic heterocycles. The van der Waals surface area contributed by atoms with Crippen LogP contribution in [0.1, 0.15) is 30.8 Å². The minimum Gasteiger partial charge on any atom is -0.370 e. The van der Waals surface area contributed by atoms with E-state index in [2.05, 4.69) is 34.0 Å². The monoisotopic (exact) mass is 353 g/mol. The van der Waals surface area contributed by atoms with Gasteiger partial charge in [-0.05, 0) is 13.0 Å². The lowest BCUT2D eigenvalue weighted by Gasteiger charge is -2.33. The van der Waals surface area contributed by atoms with E-state index in [0.717, 1.165) is 51.3 Å². The van der Waals surface area contributed by atoms with Crippen molar-refractivity contribution in [1.29, 1.82) is 0 Å². The summed E-state index contributed by atoms with van der Waals surface area (Å²) in [7, 11) is 0. The second-order valence-electron chi connectivity index (χ2n) is 6.48. The molecule has 1 N–H and O–H groups in total. The maximum atomic E-state index is 13.0. The Bertz CT molecular complexity index is 726. The van der Waals surface area contributed by atoms with E-state index in [4.69, 9.17) is 0 Å². The third-order valence-electron chi connectivity index (χ3n) is 4.64. The van der Waals surface area contributed by atoms with Crippen LogP contribution in [-0.2, 0) is 0 Å². The normalized spacial score (nSPS) is 15.1. The highest BCUT2D eigenvalue weighted by Gasteiger charge is 2.23. The number of anilines is 1. The lowest BCUT2D eigenvalue weighted by molar-refractivity contribution is 0.0637. The molecular weight excluding hydrogens is 326 g/mol. The molecular formula is C20H27N5O. The van der Waals surface area contributed by atoms with Gasteiger partial charge in [-0.15, -0.1) is 0 Å². The van der Waals surface area contributed by atoms with Gasteiger partial charge in [0.1, 0.15) is 11.5 Å². The lowest BCUT2D eigenvalue weighted by atomic mass is 10.2. The molecule has 1 aromatic heterocycles. The molecule has 0 bridgehead atoms. The second kappa shape index (κ2) is 8.76. The van der Waals surface area contributed by atoms with Crippen LogP contribution in [0.4, 0.5) is 5.82 Å². The molecule has 0 atom stereocenters. The summed E-state index contributed by atoms with van der Waals surface area (Å²) >= 11 is 0. The molecule has 0 saturated carbocycles. The van der Waals surface area contributed by atoms with Crippen molar-refractivity contribution in [3.8, 4) is 11.4 Å². The number of piperazine rings is 1. The summed E-state index contributed by atoms with van der Waals surface area (Å²) < 4.78 is 0. The first-order valence-electron chi connectivity index (χ1n) is 9.41. The fourth-order valence-corrected chi connectivity index (χ4v) is 3.05. The minimum absolute atomic E-state index is 0.0140. The van der Waals surface area contributed by atoms with Gasteiger partial charge in [0.2, 0.25) is 0 Å². The zero-order valence-corrected chi connectivity index (χ0v) is 15.6. The highest BCUT2D eigenvalue weighted by atomic mass is 16.2. The minimum atomic E-state index is -0.0140. The molecule has 0 aliphatic carbocycles. The fourth-order valence-electron chi connectivity index (χ4n) is 3.05. The van der Waals surface area contributed by atoms with Crippen molar-refractivity contribution in [2.75, 3.05) is 44.6 Å². The van der Waals surface area contributed by atoms with Crippen molar-refractivity contribution < 1.29 is 4.79 Å². The molecule has 1 aromatic carbocycles. The van der Waals surface area contributed by atoms with Crippen LogP contribution in [0.25, 0.3) is 11.4 Å². The largest absolute Gasteiger partial charge is 0.370 e. The molecule has 0 unspecified atom stereocenters. The predicted octanol–water partition coefficient (Wildman–Crippen LogP) is 2.74. The molecule has 1 amide bonds. The van der Waals surface area contributed by atoms with Crippen LogP contribution in [-0.4, -0.2) is 64.9 Å². The van der Waals surface area contributed by atoms with Crippen molar-refractivity contribution in [2.45, 2.75) is 20.3 Å². The van der Waals surface area contributed by atoms with Crippen molar-refractivity contribution in [1.82, 2.24) is 19.8 Å². The van der Waals surface area contributed by atoms with E-state index in [9.17, 15) is 4.79 Å². The zero-order valence-electron chi connectivity index (χ0n) is 15.6. The second-order valence-corrected chi connectivity index (χ2v) is 6.48. The summed E-state index contributed by atoms with van der Waals surface area (Å²) in [5.41, 5.74) is 1.37. The Morgan fingerprint density at radius 1 is 1.08 bits per heavy atom. The van der Waals surface area contributed by atoms with Gasteiger partial charge in [0, 0.05) is 44.4 Å². The highest BCUT2D eigenvalue weighted by Crippen LogP contribution is 2.19. The van der Waals surface area contributed by atoms with Gasteiger partial charge < -0.3 is 15.1 Å². The average molecular weight is 353 g/mol. The van der Waals surface area contributed by atoms with Crippen LogP contribution < -0.4 is 5.32 Å². The van der Waals surface area contributed by atoms with Crippen LogP contribution in [0.3, 0.4) is 0 Å². The third kappa shape index (κ3) is 4.38. The van der Waals surface area contributed by atoms with Crippen LogP contribution in [0, 0.1) is 0 Å². The van der Waals surface area contributed by atoms with Crippen molar-refractivity contribution in [3.63, 3.8) is 0 Å². The maximum Gasteiger partial charge on any atom is 0.272 e. The molecule has 1 aliphatic rings. The Hall–Kier alpha value is -2.47. The van der Waals surface area contributed by atoms with Crippen LogP contribution in [0.5, 0.6) is 0 Å². The average Bonchev–Trinajstić information content (AvgIpc) is 2.72. The van der Waals surface area contributed by atoms with Gasteiger partial charge in [-0.3, -0.25) is 4.79 Å². The number of benzene rings is 1. The van der Waals surface area contributed by atoms with E-state index in [1.54, 1.807) is 6.07 Å². The Balaban J connectivity index is 1.86. The summed E-state index contributed by atoms with van der Waals surface area (Å²) in [6.45, 7) is 9.42. The summed E-state index contributed by atoms with van der Waals surface area (Å²) in [5.74, 6) is 1.28. The lowest BCUT2D eigenvalue weighted by Crippen LogP contribution is -2.48. The third-order valence-corrected chi connectivity index (χ3v) is 4.64. The van der Waals surface area contributed by atoms with Gasteiger partial charge >= 0.3 is 0 Å². The molecule has 2 aromatic rings. The summed E-state index contributed by atoms with van der Waals surface area (Å²) in [6.07, 6.45) is 0.993. The standard InChI is InChI=1S/C20H27N5O/c1-3-10-21-18-15-17(20(26)25-13-11-24(4-2)12-14-25)22-19(23-18)16-8-6-5-7-9-16/h5-9,15H,3-4,10-14H2,1-2H3,(H,21,22,23). The van der Waals surface area contributed by atoms with Gasteiger partial charge in [-0.2, -0.15) is 0 Å². The SMILES string of the molecule is CCCNc1cc(C(=O)N2CCN(CC)CC2)nc(-c2ccccc2)n1. The number of amides is 1. The van der Waals surface area contributed by atoms with E-state index in [0.29, 0.717) is 17.3 Å². The summed E-state index contributed by atoms with van der Waals surface area (Å²) in [4.78, 5) is 26.4. The van der Waals surface area contributed by atoms with E-state index >= 15 is 0 Å². The van der Waals surface area contributed by atoms with Gasteiger partial charge in [0.25, 0.3) is 5.91 Å². The van der Waals surface area contributed by atoms with Crippen LogP contribution in [0.15, 0.2) is 36.4 Å². The van der Waals surface area contributed by atoms with Crippen LogP contribution >= 0.6 is 0 Å². The van der Waals surface area contributed by atoms with E-state index in [1.165, 1.54) is 0 Å². The quantitative estimate of drug-likeness (QED) is 0.865. The van der Waals surface area contributed by atoms with Gasteiger partial charge in [0.05, 0.1) is 0 Å². The fraction of sp³-hybridized carbons (Fsp3) is 0.450. The molecule has 2 heterocycles. The van der Waals surface area contributed by atoms with Crippen molar-refractivity contribution >= 4 is 11.7 Å². The van der Waals surface area contributed by atoms with Gasteiger partial charge in [-0.1, -0.05) is 44.2 Å². The molecule has 0 spiro atoms. The van der Waals surface area contributed by atoms with Crippen LogP contribution in [0.2, 0.25) is 0 Å². The van der Waals surface area contributed by atoms with E-state index in [1.807, 2.05) is 35.2 Å². The molecule has 3 rings (SSSR count). The first kappa shape index (κ1) is 18.3. The number of hydrogen-bond donors (Lipinski definition) is 1. The highest BCUT2D eigenvalue weighted by molar-refractivity contribution is 5.93. The van der Waals surface area contributed by atoms with E-state index < -0.39 is 0 Å². The number of carbonyl (C=O) groups excluding carboxylic acids is 1. The Kier molecular flexibility index (Phi) is 6.17. The molecule has 6 nitrogen and oxygen atoms in total. The zero-order chi connectivity index (χ0) is 18.4. The molecule has 138 valence electrons. The number of nitrogens with zero attached hydrogens (tertiary/aromatic N) is 4. The van der Waals surface area contributed by atoms with Crippen molar-refractivity contribution in [3.05, 3.63) is 42.1 Å². The molecule has 6 heteroatoms. The molecule has 0 radical (unpaired) electrons. The van der Waals surface area contributed by atoms with Gasteiger partial charge in [-0.25, -0.2) is 9.97 Å². The molecule has 1 saturated heterocycles. The number of likely N-dealkylation sites (N-methyl/N-ethyl adjacent to an activating group) is 1. The Morgan fingerprint density at radius 3 is 2.46 bits per heavy atom. The van der Waals surface area contributed by atoms with E-state index in [-0.39, 0.29) is 5.91 Å². The first-order chi connectivity index (χ1) is 12.7. The Morgan fingerprint density at radius 2 is 1.81 bits per heavy atom. The number of aromatic nitrogens is 2. The van der Waals surface area contributed by atoms with Gasteiger partial charge in [0.15, 0.2) is 5.82 Å². The number of hydrogen-bond acceptors (Lipinski definition) is 5.